The molecule has 61 heavy (non-hydrogen) atoms. The molecule has 0 spiro atoms. The molecular weight excluding hydrogens is 797 g/mol. The second-order valence-electron chi connectivity index (χ2n) is 14.0. The van der Waals surface area contributed by atoms with E-state index in [1.54, 1.807) is 36.4 Å². The second-order valence-corrected chi connectivity index (χ2v) is 14.0. The summed E-state index contributed by atoms with van der Waals surface area (Å²) in [6.45, 7) is 0. The number of amides is 5. The number of carbonyl (C=O) groups is 6. The molecule has 6 rings (SSSR count). The fourth-order valence-electron chi connectivity index (χ4n) is 6.22. The zero-order chi connectivity index (χ0) is 43.1. The first-order chi connectivity index (χ1) is 29.5. The number of aromatic amines is 6. The average molecular weight is 841 g/mol. The summed E-state index contributed by atoms with van der Waals surface area (Å²) >= 11 is 0. The molecule has 320 valence electrons. The number of rotatable bonds is 23. The van der Waals surface area contributed by atoms with Crippen molar-refractivity contribution in [2.24, 2.45) is 5.73 Å². The van der Waals surface area contributed by atoms with Gasteiger partial charge in [0, 0.05) is 110 Å². The molecule has 0 fully saturated rings. The van der Waals surface area contributed by atoms with Gasteiger partial charge in [-0.25, -0.2) is 4.79 Å². The summed E-state index contributed by atoms with van der Waals surface area (Å²) in [5, 5.41) is 62.9. The molecule has 6 aromatic heterocycles. The number of hydrogen-bond donors (Lipinski definition) is 13. The summed E-state index contributed by atoms with van der Waals surface area (Å²) in [5.41, 5.74) is 9.05. The highest BCUT2D eigenvalue weighted by molar-refractivity contribution is 5.96. The van der Waals surface area contributed by atoms with Crippen LogP contribution >= 0.6 is 0 Å². The molecule has 14 N–H and O–H groups in total. The van der Waals surface area contributed by atoms with E-state index in [0.29, 0.717) is 34.2 Å². The SMILES string of the molecule is NC(Cc1ccn[nH]1)C(=O)NC(Cc1ccn[nH]1)C(=O)NC(Cc1ccn[nH]1)C(=O)NC(Cc1ccn[nH]1)C(=O)NC(Cc1ccn[nH]1)C(=O)NC(Cc1ccn[nH]1)C(=O)O. The van der Waals surface area contributed by atoms with Gasteiger partial charge in [0.1, 0.15) is 30.2 Å². The topological polar surface area (TPSA) is 381 Å². The van der Waals surface area contributed by atoms with E-state index in [1.807, 2.05) is 0 Å². The van der Waals surface area contributed by atoms with Gasteiger partial charge in [0.2, 0.25) is 29.5 Å². The van der Waals surface area contributed by atoms with Gasteiger partial charge >= 0.3 is 5.97 Å². The Morgan fingerprint density at radius 2 is 0.639 bits per heavy atom. The lowest BCUT2D eigenvalue weighted by Gasteiger charge is -2.27. The van der Waals surface area contributed by atoms with Gasteiger partial charge in [-0.1, -0.05) is 0 Å². The van der Waals surface area contributed by atoms with E-state index in [0.717, 1.165) is 0 Å². The van der Waals surface area contributed by atoms with Gasteiger partial charge in [-0.2, -0.15) is 30.6 Å². The zero-order valence-corrected chi connectivity index (χ0v) is 32.3. The van der Waals surface area contributed by atoms with Crippen LogP contribution < -0.4 is 32.3 Å². The van der Waals surface area contributed by atoms with E-state index >= 15 is 0 Å². The van der Waals surface area contributed by atoms with Crippen LogP contribution in [-0.2, 0) is 67.3 Å². The number of H-pyrrole nitrogens is 6. The summed E-state index contributed by atoms with van der Waals surface area (Å²) in [5.74, 6) is -5.21. The van der Waals surface area contributed by atoms with Crippen LogP contribution in [0, 0.1) is 0 Å². The Labute approximate surface area is 345 Å². The number of carboxylic acid groups (broad SMARTS) is 1. The Morgan fingerprint density at radius 3 is 0.885 bits per heavy atom. The lowest BCUT2D eigenvalue weighted by molar-refractivity contribution is -0.142. The molecule has 0 aromatic carbocycles. The van der Waals surface area contributed by atoms with E-state index in [-0.39, 0.29) is 38.5 Å². The van der Waals surface area contributed by atoms with Crippen molar-refractivity contribution < 1.29 is 33.9 Å². The van der Waals surface area contributed by atoms with E-state index in [9.17, 15) is 33.9 Å². The minimum atomic E-state index is -1.39. The number of nitrogens with two attached hydrogens (primary N) is 1. The summed E-state index contributed by atoms with van der Waals surface area (Å²) in [6.07, 6.45) is 8.29. The fraction of sp³-hybridized carbons (Fsp3) is 0.333. The normalized spacial score (nSPS) is 14.1. The van der Waals surface area contributed by atoms with Crippen LogP contribution in [-0.4, -0.2) is 138 Å². The lowest BCUT2D eigenvalue weighted by Crippen LogP contribution is -2.60. The predicted octanol–water partition coefficient (Wildman–Crippen LogP) is -3.38. The quantitative estimate of drug-likeness (QED) is 0.0300. The summed E-state index contributed by atoms with van der Waals surface area (Å²) in [7, 11) is 0. The molecule has 6 heterocycles. The zero-order valence-electron chi connectivity index (χ0n) is 32.3. The smallest absolute Gasteiger partial charge is 0.326 e. The molecule has 0 saturated carbocycles. The average Bonchev–Trinajstić information content (AvgIpc) is 4.08. The van der Waals surface area contributed by atoms with E-state index in [4.69, 9.17) is 5.73 Å². The first kappa shape index (κ1) is 42.6. The van der Waals surface area contributed by atoms with Gasteiger partial charge in [0.15, 0.2) is 0 Å². The monoisotopic (exact) mass is 840 g/mol. The molecule has 6 atom stereocenters. The molecule has 0 radical (unpaired) electrons. The van der Waals surface area contributed by atoms with Gasteiger partial charge in [0.05, 0.1) is 6.04 Å². The van der Waals surface area contributed by atoms with Gasteiger partial charge in [-0.15, -0.1) is 0 Å². The van der Waals surface area contributed by atoms with Crippen LogP contribution in [0.1, 0.15) is 34.2 Å². The predicted molar refractivity (Wildman–Crippen MR) is 209 cm³/mol. The van der Waals surface area contributed by atoms with Gasteiger partial charge in [-0.3, -0.25) is 54.6 Å². The van der Waals surface area contributed by atoms with Crippen molar-refractivity contribution in [2.75, 3.05) is 0 Å². The summed E-state index contributed by atoms with van der Waals surface area (Å²) < 4.78 is 0. The fourth-order valence-corrected chi connectivity index (χ4v) is 6.22. The molecule has 6 unspecified atom stereocenters. The number of aromatic nitrogens is 12. The highest BCUT2D eigenvalue weighted by Crippen LogP contribution is 2.09. The van der Waals surface area contributed by atoms with Gasteiger partial charge < -0.3 is 37.4 Å². The van der Waals surface area contributed by atoms with Crippen molar-refractivity contribution in [3.8, 4) is 0 Å². The molecule has 0 bridgehead atoms. The maximum atomic E-state index is 14.3. The Morgan fingerprint density at radius 1 is 0.410 bits per heavy atom. The third-order valence-corrected chi connectivity index (χ3v) is 9.39. The van der Waals surface area contributed by atoms with Crippen molar-refractivity contribution in [2.45, 2.75) is 74.8 Å². The molecular formula is C36H44N18O7. The maximum Gasteiger partial charge on any atom is 0.326 e. The molecule has 0 saturated heterocycles. The molecule has 5 amide bonds. The standard InChI is InChI=1S/C36H44N18O7/c37-25(13-19-1-7-38-49-19)31(55)44-26(14-20-2-8-39-50-20)32(56)45-27(15-21-3-9-40-51-21)33(57)46-28(16-22-4-10-41-52-22)34(58)47-29(17-23-5-11-42-53-23)35(59)48-30(36(60)61)18-24-6-12-43-54-24/h1-12,25-30H,13-18,37H2,(H,38,49)(H,39,50)(H,40,51)(H,41,52)(H,42,53)(H,43,54)(H,44,55)(H,45,56)(H,46,57)(H,47,58)(H,48,59)(H,60,61). The highest BCUT2D eigenvalue weighted by atomic mass is 16.4. The molecule has 25 nitrogen and oxygen atoms in total. The number of carbonyl (C=O) groups excluding carboxylic acids is 5. The minimum absolute atomic E-state index is 0.0536. The largest absolute Gasteiger partial charge is 0.480 e. The Kier molecular flexibility index (Phi) is 14.4. The molecule has 6 aromatic rings. The van der Waals surface area contributed by atoms with Crippen molar-refractivity contribution in [1.29, 1.82) is 0 Å². The second kappa shape index (κ2) is 20.6. The Balaban J connectivity index is 1.21. The molecule has 25 heteroatoms. The molecule has 0 aliphatic heterocycles. The number of hydrogen-bond acceptors (Lipinski definition) is 13. The van der Waals surface area contributed by atoms with Crippen LogP contribution in [0.4, 0.5) is 0 Å². The van der Waals surface area contributed by atoms with Crippen molar-refractivity contribution in [1.82, 2.24) is 87.8 Å². The van der Waals surface area contributed by atoms with Crippen LogP contribution in [0.15, 0.2) is 73.6 Å². The van der Waals surface area contributed by atoms with Crippen LogP contribution in [0.2, 0.25) is 0 Å². The van der Waals surface area contributed by atoms with E-state index in [1.165, 1.54) is 37.2 Å². The Hall–Kier alpha value is -7.96. The van der Waals surface area contributed by atoms with Crippen LogP contribution in [0.3, 0.4) is 0 Å². The number of nitrogens with one attached hydrogen (secondary N) is 11. The third-order valence-electron chi connectivity index (χ3n) is 9.39. The third kappa shape index (κ3) is 12.5. The molecule has 0 aliphatic carbocycles. The highest BCUT2D eigenvalue weighted by Gasteiger charge is 2.34. The first-order valence-corrected chi connectivity index (χ1v) is 18.9. The number of carboxylic acids is 1. The number of nitrogens with zero attached hydrogens (tertiary/aromatic N) is 6. The summed E-state index contributed by atoms with van der Waals surface area (Å²) in [4.78, 5) is 81.7. The first-order valence-electron chi connectivity index (χ1n) is 18.9. The van der Waals surface area contributed by atoms with E-state index < -0.39 is 71.8 Å². The minimum Gasteiger partial charge on any atom is -0.480 e. The van der Waals surface area contributed by atoms with Crippen LogP contribution in [0.25, 0.3) is 0 Å². The van der Waals surface area contributed by atoms with Crippen molar-refractivity contribution in [3.63, 3.8) is 0 Å². The van der Waals surface area contributed by atoms with Crippen molar-refractivity contribution in [3.05, 3.63) is 108 Å². The summed E-state index contributed by atoms with van der Waals surface area (Å²) in [6, 6.07) is 1.80. The lowest BCUT2D eigenvalue weighted by atomic mass is 10.0. The van der Waals surface area contributed by atoms with Gasteiger partial charge in [-0.05, 0) is 36.4 Å². The van der Waals surface area contributed by atoms with Gasteiger partial charge in [0.25, 0.3) is 0 Å². The van der Waals surface area contributed by atoms with E-state index in [2.05, 4.69) is 87.8 Å². The Bertz CT molecular complexity index is 2280. The maximum absolute atomic E-state index is 14.3. The van der Waals surface area contributed by atoms with Crippen LogP contribution in [0.5, 0.6) is 0 Å². The van der Waals surface area contributed by atoms with Crippen molar-refractivity contribution >= 4 is 35.5 Å². The number of aliphatic carboxylic acids is 1. The molecule has 0 aliphatic rings.